The number of phenolic OH excluding ortho intramolecular Hbond substituents is 1. The summed E-state index contributed by atoms with van der Waals surface area (Å²) in [6, 6.07) is 18.4. The van der Waals surface area contributed by atoms with Crippen LogP contribution in [0.25, 0.3) is 11.1 Å². The number of hydrogen-bond acceptors (Lipinski definition) is 3. The van der Waals surface area contributed by atoms with Crippen LogP contribution in [0.1, 0.15) is 18.1 Å². The van der Waals surface area contributed by atoms with Crippen LogP contribution in [-0.4, -0.2) is 17.5 Å². The highest BCUT2D eigenvalue weighted by Gasteiger charge is 2.12. The van der Waals surface area contributed by atoms with E-state index in [1.165, 1.54) is 6.92 Å². The summed E-state index contributed by atoms with van der Waals surface area (Å²) in [6.07, 6.45) is 0.505. The van der Waals surface area contributed by atoms with Crippen molar-refractivity contribution < 1.29 is 14.6 Å². The summed E-state index contributed by atoms with van der Waals surface area (Å²) in [7, 11) is 0. The molecule has 0 saturated carbocycles. The number of carbonyl (C=O) groups excluding carboxylic acids is 1. The van der Waals surface area contributed by atoms with Gasteiger partial charge in [0.15, 0.2) is 5.78 Å². The third-order valence-corrected chi connectivity index (χ3v) is 4.76. The number of rotatable bonds is 6. The SMILES string of the molecule is CC(=O)COc1cc(Cl)c(Cc2ccc(O)c(-c3ccccc3)c2)c(Cl)c1. The van der Waals surface area contributed by atoms with Crippen molar-refractivity contribution in [2.75, 3.05) is 6.61 Å². The molecule has 0 aliphatic rings. The maximum absolute atomic E-state index is 11.1. The van der Waals surface area contributed by atoms with Crippen molar-refractivity contribution in [1.82, 2.24) is 0 Å². The molecule has 3 aromatic rings. The summed E-state index contributed by atoms with van der Waals surface area (Å²) in [5.41, 5.74) is 3.41. The van der Waals surface area contributed by atoms with E-state index in [1.807, 2.05) is 42.5 Å². The van der Waals surface area contributed by atoms with Crippen molar-refractivity contribution in [3.05, 3.63) is 81.8 Å². The zero-order chi connectivity index (χ0) is 19.4. The van der Waals surface area contributed by atoms with Gasteiger partial charge in [0.1, 0.15) is 18.1 Å². The van der Waals surface area contributed by atoms with Crippen molar-refractivity contribution >= 4 is 29.0 Å². The minimum Gasteiger partial charge on any atom is -0.507 e. The van der Waals surface area contributed by atoms with Gasteiger partial charge in [-0.2, -0.15) is 0 Å². The summed E-state index contributed by atoms with van der Waals surface area (Å²) >= 11 is 12.8. The monoisotopic (exact) mass is 400 g/mol. The molecule has 1 N–H and O–H groups in total. The van der Waals surface area contributed by atoms with Gasteiger partial charge in [0.2, 0.25) is 0 Å². The van der Waals surface area contributed by atoms with Gasteiger partial charge in [-0.3, -0.25) is 4.79 Å². The smallest absolute Gasteiger partial charge is 0.167 e. The Kier molecular flexibility index (Phi) is 6.04. The fraction of sp³-hybridized carbons (Fsp3) is 0.136. The van der Waals surface area contributed by atoms with Gasteiger partial charge in [-0.15, -0.1) is 0 Å². The van der Waals surface area contributed by atoms with Gasteiger partial charge in [0.25, 0.3) is 0 Å². The van der Waals surface area contributed by atoms with Crippen LogP contribution in [0.5, 0.6) is 11.5 Å². The van der Waals surface area contributed by atoms with Gasteiger partial charge in [-0.05, 0) is 47.9 Å². The van der Waals surface area contributed by atoms with Crippen molar-refractivity contribution in [3.8, 4) is 22.6 Å². The van der Waals surface area contributed by atoms with E-state index < -0.39 is 0 Å². The van der Waals surface area contributed by atoms with E-state index in [1.54, 1.807) is 18.2 Å². The number of benzene rings is 3. The minimum atomic E-state index is -0.0798. The maximum Gasteiger partial charge on any atom is 0.167 e. The fourth-order valence-electron chi connectivity index (χ4n) is 2.76. The Hall–Kier alpha value is -2.49. The number of halogens is 2. The van der Waals surface area contributed by atoms with Crippen LogP contribution in [0.15, 0.2) is 60.7 Å². The average Bonchev–Trinajstić information content (AvgIpc) is 2.65. The number of carbonyl (C=O) groups is 1. The summed E-state index contributed by atoms with van der Waals surface area (Å²) in [4.78, 5) is 11.1. The van der Waals surface area contributed by atoms with Gasteiger partial charge in [-0.25, -0.2) is 0 Å². The second-order valence-electron chi connectivity index (χ2n) is 6.25. The van der Waals surface area contributed by atoms with Gasteiger partial charge in [0, 0.05) is 22.0 Å². The van der Waals surface area contributed by atoms with Gasteiger partial charge in [-0.1, -0.05) is 59.6 Å². The largest absolute Gasteiger partial charge is 0.507 e. The minimum absolute atomic E-state index is 0.0234. The zero-order valence-electron chi connectivity index (χ0n) is 14.7. The number of ether oxygens (including phenoxy) is 1. The van der Waals surface area contributed by atoms with Crippen LogP contribution < -0.4 is 4.74 Å². The maximum atomic E-state index is 11.1. The quantitative estimate of drug-likeness (QED) is 0.557. The van der Waals surface area contributed by atoms with E-state index in [0.717, 1.165) is 22.3 Å². The fourth-order valence-corrected chi connectivity index (χ4v) is 3.36. The predicted molar refractivity (Wildman–Crippen MR) is 109 cm³/mol. The third-order valence-electron chi connectivity index (χ3n) is 4.08. The van der Waals surface area contributed by atoms with Crippen LogP contribution in [0.2, 0.25) is 10.0 Å². The van der Waals surface area contributed by atoms with Crippen molar-refractivity contribution in [2.45, 2.75) is 13.3 Å². The molecule has 5 heteroatoms. The molecular weight excluding hydrogens is 383 g/mol. The molecule has 0 amide bonds. The molecule has 0 spiro atoms. The van der Waals surface area contributed by atoms with Crippen LogP contribution >= 0.6 is 23.2 Å². The Bertz CT molecular complexity index is 946. The summed E-state index contributed by atoms with van der Waals surface area (Å²) < 4.78 is 5.38. The number of Topliss-reactive ketones (excluding diaryl/α,β-unsaturated/α-hetero) is 1. The molecule has 27 heavy (non-hydrogen) atoms. The molecule has 0 saturated heterocycles. The standard InChI is InChI=1S/C22H18Cl2O3/c1-14(25)13-27-17-11-20(23)19(21(24)12-17)10-15-7-8-22(26)18(9-15)16-5-3-2-4-6-16/h2-9,11-12,26H,10,13H2,1H3. The summed E-state index contributed by atoms with van der Waals surface area (Å²) in [5, 5.41) is 11.1. The first-order chi connectivity index (χ1) is 12.9. The third kappa shape index (κ3) is 4.82. The average molecular weight is 401 g/mol. The topological polar surface area (TPSA) is 46.5 Å². The van der Waals surface area contributed by atoms with Crippen LogP contribution in [0.4, 0.5) is 0 Å². The lowest BCUT2D eigenvalue weighted by atomic mass is 9.98. The highest BCUT2D eigenvalue weighted by atomic mass is 35.5. The number of hydrogen-bond donors (Lipinski definition) is 1. The summed E-state index contributed by atoms with van der Waals surface area (Å²) in [6.45, 7) is 1.43. The molecule has 0 aromatic heterocycles. The highest BCUT2D eigenvalue weighted by Crippen LogP contribution is 2.35. The molecule has 138 valence electrons. The Morgan fingerprint density at radius 1 is 1.00 bits per heavy atom. The van der Waals surface area contributed by atoms with Crippen LogP contribution in [0.3, 0.4) is 0 Å². The van der Waals surface area contributed by atoms with E-state index in [4.69, 9.17) is 27.9 Å². The van der Waals surface area contributed by atoms with E-state index in [0.29, 0.717) is 22.2 Å². The van der Waals surface area contributed by atoms with Gasteiger partial charge in [0.05, 0.1) is 0 Å². The van der Waals surface area contributed by atoms with Crippen molar-refractivity contribution in [3.63, 3.8) is 0 Å². The van der Waals surface area contributed by atoms with E-state index in [-0.39, 0.29) is 18.1 Å². The normalized spacial score (nSPS) is 10.6. The van der Waals surface area contributed by atoms with Crippen molar-refractivity contribution in [2.24, 2.45) is 0 Å². The molecule has 3 nitrogen and oxygen atoms in total. The first kappa shape index (κ1) is 19.3. The molecule has 0 atom stereocenters. The van der Waals surface area contributed by atoms with Crippen molar-refractivity contribution in [1.29, 1.82) is 0 Å². The molecule has 0 heterocycles. The van der Waals surface area contributed by atoms with Gasteiger partial charge >= 0.3 is 0 Å². The van der Waals surface area contributed by atoms with E-state index in [2.05, 4.69) is 0 Å². The zero-order valence-corrected chi connectivity index (χ0v) is 16.2. The van der Waals surface area contributed by atoms with Crippen LogP contribution in [0, 0.1) is 0 Å². The lowest BCUT2D eigenvalue weighted by Gasteiger charge is -2.12. The molecule has 0 unspecified atom stereocenters. The molecule has 0 fully saturated rings. The molecule has 3 rings (SSSR count). The first-order valence-electron chi connectivity index (χ1n) is 8.41. The number of aromatic hydroxyl groups is 1. The highest BCUT2D eigenvalue weighted by molar-refractivity contribution is 6.36. The Morgan fingerprint density at radius 2 is 1.67 bits per heavy atom. The molecule has 3 aromatic carbocycles. The van der Waals surface area contributed by atoms with E-state index in [9.17, 15) is 9.90 Å². The Balaban J connectivity index is 1.88. The first-order valence-corrected chi connectivity index (χ1v) is 9.17. The lowest BCUT2D eigenvalue weighted by molar-refractivity contribution is -0.118. The van der Waals surface area contributed by atoms with E-state index >= 15 is 0 Å². The number of ketones is 1. The molecule has 0 radical (unpaired) electrons. The molecule has 0 bridgehead atoms. The second kappa shape index (κ2) is 8.47. The Morgan fingerprint density at radius 3 is 2.30 bits per heavy atom. The molecule has 0 aliphatic carbocycles. The molecule has 0 aliphatic heterocycles. The van der Waals surface area contributed by atoms with Crippen LogP contribution in [-0.2, 0) is 11.2 Å². The second-order valence-corrected chi connectivity index (χ2v) is 7.06. The summed E-state index contributed by atoms with van der Waals surface area (Å²) in [5.74, 6) is 0.596. The predicted octanol–water partition coefficient (Wildman–Crippen LogP) is 5.92. The Labute approximate surface area is 168 Å². The lowest BCUT2D eigenvalue weighted by Crippen LogP contribution is -2.06. The molecular formula is C22H18Cl2O3. The van der Waals surface area contributed by atoms with Gasteiger partial charge < -0.3 is 9.84 Å². The number of phenols is 1.